The summed E-state index contributed by atoms with van der Waals surface area (Å²) in [7, 11) is 1.66. The molecule has 1 fully saturated rings. The molecule has 0 radical (unpaired) electrons. The van der Waals surface area contributed by atoms with Gasteiger partial charge in [0.05, 0.1) is 12.6 Å². The van der Waals surface area contributed by atoms with Gasteiger partial charge >= 0.3 is 0 Å². The summed E-state index contributed by atoms with van der Waals surface area (Å²) in [4.78, 5) is 14.1. The second-order valence-electron chi connectivity index (χ2n) is 4.67. The van der Waals surface area contributed by atoms with E-state index in [1.165, 1.54) is 0 Å². The average Bonchev–Trinajstić information content (AvgIpc) is 3.11. The zero-order valence-electron chi connectivity index (χ0n) is 10.6. The first kappa shape index (κ1) is 13.5. The van der Waals surface area contributed by atoms with Gasteiger partial charge in [-0.2, -0.15) is 0 Å². The summed E-state index contributed by atoms with van der Waals surface area (Å²) in [5, 5.41) is 0. The number of nitrogens with zero attached hydrogens (tertiary/aromatic N) is 1. The summed E-state index contributed by atoms with van der Waals surface area (Å²) in [6.07, 6.45) is 3.17. The van der Waals surface area contributed by atoms with Crippen molar-refractivity contribution in [3.05, 3.63) is 0 Å². The number of carbonyl (C=O) groups excluding carboxylic acids is 1. The Hall–Kier alpha value is -0.610. The van der Waals surface area contributed by atoms with Crippen LogP contribution in [0.3, 0.4) is 0 Å². The lowest BCUT2D eigenvalue weighted by Gasteiger charge is -2.27. The molecule has 0 aromatic carbocycles. The molecule has 94 valence electrons. The molecule has 4 heteroatoms. The van der Waals surface area contributed by atoms with Gasteiger partial charge in [0.15, 0.2) is 0 Å². The minimum Gasteiger partial charge on any atom is -0.383 e. The highest BCUT2D eigenvalue weighted by Gasteiger charge is 2.35. The third-order valence-electron chi connectivity index (χ3n) is 3.35. The summed E-state index contributed by atoms with van der Waals surface area (Å²) in [6, 6.07) is 0.0558. The van der Waals surface area contributed by atoms with E-state index in [-0.39, 0.29) is 17.9 Å². The summed E-state index contributed by atoms with van der Waals surface area (Å²) in [5.74, 6) is 0.338. The van der Waals surface area contributed by atoms with Crippen LogP contribution < -0.4 is 5.73 Å². The fourth-order valence-electron chi connectivity index (χ4n) is 1.74. The number of amides is 1. The molecular weight excluding hydrogens is 204 g/mol. The van der Waals surface area contributed by atoms with Gasteiger partial charge in [-0.1, -0.05) is 20.3 Å². The van der Waals surface area contributed by atoms with E-state index >= 15 is 0 Å². The molecule has 1 aliphatic carbocycles. The molecule has 2 N–H and O–H groups in total. The molecule has 0 spiro atoms. The molecule has 2 atom stereocenters. The van der Waals surface area contributed by atoms with E-state index in [9.17, 15) is 4.79 Å². The third kappa shape index (κ3) is 3.46. The Morgan fingerprint density at radius 3 is 2.62 bits per heavy atom. The van der Waals surface area contributed by atoms with Crippen LogP contribution in [0.5, 0.6) is 0 Å². The summed E-state index contributed by atoms with van der Waals surface area (Å²) < 4.78 is 5.03. The molecular formula is C12H24N2O2. The van der Waals surface area contributed by atoms with Crippen LogP contribution in [0.4, 0.5) is 0 Å². The number of methoxy groups -OCH3 is 1. The monoisotopic (exact) mass is 228 g/mol. The van der Waals surface area contributed by atoms with Crippen molar-refractivity contribution in [3.63, 3.8) is 0 Å². The van der Waals surface area contributed by atoms with E-state index in [2.05, 4.69) is 6.92 Å². The predicted octanol–water partition coefficient (Wildman–Crippen LogP) is 0.997. The minimum atomic E-state index is -0.359. The maximum atomic E-state index is 12.2. The van der Waals surface area contributed by atoms with Gasteiger partial charge in [-0.05, 0) is 18.8 Å². The maximum absolute atomic E-state index is 12.2. The van der Waals surface area contributed by atoms with E-state index < -0.39 is 0 Å². The Morgan fingerprint density at radius 1 is 1.56 bits per heavy atom. The number of hydrogen-bond donors (Lipinski definition) is 1. The number of carbonyl (C=O) groups is 1. The Labute approximate surface area is 98.1 Å². The van der Waals surface area contributed by atoms with Crippen molar-refractivity contribution < 1.29 is 9.53 Å². The topological polar surface area (TPSA) is 55.6 Å². The lowest BCUT2D eigenvalue weighted by atomic mass is 9.99. The van der Waals surface area contributed by atoms with Crippen LogP contribution in [-0.4, -0.2) is 43.2 Å². The van der Waals surface area contributed by atoms with Gasteiger partial charge in [-0.15, -0.1) is 0 Å². The van der Waals surface area contributed by atoms with Crippen molar-refractivity contribution in [3.8, 4) is 0 Å². The van der Waals surface area contributed by atoms with Crippen molar-refractivity contribution >= 4 is 5.91 Å². The van der Waals surface area contributed by atoms with E-state index in [0.717, 1.165) is 19.3 Å². The predicted molar refractivity (Wildman–Crippen MR) is 64.0 cm³/mol. The molecule has 1 amide bonds. The molecule has 0 heterocycles. The van der Waals surface area contributed by atoms with Crippen molar-refractivity contribution in [2.75, 3.05) is 20.3 Å². The number of rotatable bonds is 7. The van der Waals surface area contributed by atoms with Gasteiger partial charge in [0.1, 0.15) is 0 Å². The molecule has 1 unspecified atom stereocenters. The van der Waals surface area contributed by atoms with Gasteiger partial charge in [0.2, 0.25) is 5.91 Å². The normalized spacial score (nSPS) is 19.2. The molecule has 1 aliphatic rings. The van der Waals surface area contributed by atoms with E-state index in [0.29, 0.717) is 19.2 Å². The standard InChI is InChI=1S/C12H24N2O2/c1-4-9(2)11(13)12(15)14(7-8-16-3)10-5-6-10/h9-11H,4-8,13H2,1-3H3/t9?,11-/m0/s1. The van der Waals surface area contributed by atoms with Gasteiger partial charge < -0.3 is 15.4 Å². The van der Waals surface area contributed by atoms with E-state index in [1.54, 1.807) is 7.11 Å². The first-order valence-corrected chi connectivity index (χ1v) is 6.16. The Bertz CT molecular complexity index is 229. The van der Waals surface area contributed by atoms with Gasteiger partial charge in [0, 0.05) is 19.7 Å². The third-order valence-corrected chi connectivity index (χ3v) is 3.35. The Balaban J connectivity index is 2.52. The number of nitrogens with two attached hydrogens (primary N) is 1. The fraction of sp³-hybridized carbons (Fsp3) is 0.917. The molecule has 0 saturated heterocycles. The van der Waals surface area contributed by atoms with Crippen LogP contribution in [-0.2, 0) is 9.53 Å². The second kappa shape index (κ2) is 6.21. The largest absolute Gasteiger partial charge is 0.383 e. The smallest absolute Gasteiger partial charge is 0.240 e. The highest BCUT2D eigenvalue weighted by molar-refractivity contribution is 5.82. The van der Waals surface area contributed by atoms with Crippen LogP contribution in [0.1, 0.15) is 33.1 Å². The number of hydrogen-bond acceptors (Lipinski definition) is 3. The van der Waals surface area contributed by atoms with Crippen molar-refractivity contribution in [2.24, 2.45) is 11.7 Å². The van der Waals surface area contributed by atoms with Crippen molar-refractivity contribution in [1.29, 1.82) is 0 Å². The van der Waals surface area contributed by atoms with Crippen LogP contribution >= 0.6 is 0 Å². The van der Waals surface area contributed by atoms with Crippen molar-refractivity contribution in [2.45, 2.75) is 45.2 Å². The lowest BCUT2D eigenvalue weighted by molar-refractivity contribution is -0.135. The summed E-state index contributed by atoms with van der Waals surface area (Å²) in [5.41, 5.74) is 5.98. The lowest BCUT2D eigenvalue weighted by Crippen LogP contribution is -2.49. The maximum Gasteiger partial charge on any atom is 0.240 e. The van der Waals surface area contributed by atoms with Crippen LogP contribution in [0.25, 0.3) is 0 Å². The van der Waals surface area contributed by atoms with Crippen LogP contribution in [0.15, 0.2) is 0 Å². The molecule has 0 bridgehead atoms. The first-order valence-electron chi connectivity index (χ1n) is 6.16. The van der Waals surface area contributed by atoms with Crippen LogP contribution in [0.2, 0.25) is 0 Å². The van der Waals surface area contributed by atoms with Gasteiger partial charge in [0.25, 0.3) is 0 Å². The van der Waals surface area contributed by atoms with Gasteiger partial charge in [-0.3, -0.25) is 4.79 Å². The first-order chi connectivity index (χ1) is 7.61. The Morgan fingerprint density at radius 2 is 2.19 bits per heavy atom. The molecule has 0 aromatic heterocycles. The molecule has 0 aliphatic heterocycles. The Kier molecular flexibility index (Phi) is 5.22. The fourth-order valence-corrected chi connectivity index (χ4v) is 1.74. The second-order valence-corrected chi connectivity index (χ2v) is 4.67. The molecule has 4 nitrogen and oxygen atoms in total. The quantitative estimate of drug-likeness (QED) is 0.707. The molecule has 16 heavy (non-hydrogen) atoms. The summed E-state index contributed by atoms with van der Waals surface area (Å²) >= 11 is 0. The zero-order valence-corrected chi connectivity index (χ0v) is 10.6. The van der Waals surface area contributed by atoms with Crippen molar-refractivity contribution in [1.82, 2.24) is 4.90 Å². The molecule has 0 aromatic rings. The van der Waals surface area contributed by atoms with E-state index in [1.807, 2.05) is 11.8 Å². The number of ether oxygens (including phenoxy) is 1. The molecule has 1 saturated carbocycles. The van der Waals surface area contributed by atoms with Crippen LogP contribution in [0, 0.1) is 5.92 Å². The average molecular weight is 228 g/mol. The summed E-state index contributed by atoms with van der Waals surface area (Å²) in [6.45, 7) is 5.36. The highest BCUT2D eigenvalue weighted by Crippen LogP contribution is 2.27. The minimum absolute atomic E-state index is 0.0916. The van der Waals surface area contributed by atoms with E-state index in [4.69, 9.17) is 10.5 Å². The SMILES string of the molecule is CCC(C)[C@H](N)C(=O)N(CCOC)C1CC1. The highest BCUT2D eigenvalue weighted by atomic mass is 16.5. The molecule has 1 rings (SSSR count). The zero-order chi connectivity index (χ0) is 12.1. The van der Waals surface area contributed by atoms with Gasteiger partial charge in [-0.25, -0.2) is 0 Å².